The lowest BCUT2D eigenvalue weighted by atomic mass is 10.1. The monoisotopic (exact) mass is 480 g/mol. The zero-order valence-electron chi connectivity index (χ0n) is 20.5. The van der Waals surface area contributed by atoms with Crippen molar-refractivity contribution in [2.45, 2.75) is 6.42 Å². The van der Waals surface area contributed by atoms with Crippen LogP contribution >= 0.6 is 0 Å². The largest absolute Gasteiger partial charge is 0.495 e. The summed E-state index contributed by atoms with van der Waals surface area (Å²) >= 11 is 0. The van der Waals surface area contributed by atoms with Crippen LogP contribution in [0.15, 0.2) is 48.2 Å². The molecule has 9 heteroatoms. The van der Waals surface area contributed by atoms with Crippen molar-refractivity contribution in [3.05, 3.63) is 53.7 Å². The molecule has 2 aromatic carbocycles. The van der Waals surface area contributed by atoms with Crippen LogP contribution in [-0.4, -0.2) is 82.3 Å². The van der Waals surface area contributed by atoms with E-state index in [0.717, 1.165) is 56.1 Å². The van der Waals surface area contributed by atoms with Gasteiger partial charge >= 0.3 is 6.03 Å². The summed E-state index contributed by atoms with van der Waals surface area (Å²) in [6.45, 7) is 4.85. The van der Waals surface area contributed by atoms with Crippen LogP contribution < -0.4 is 24.4 Å². The molecule has 0 saturated carbocycles. The molecule has 2 aromatic rings. The summed E-state index contributed by atoms with van der Waals surface area (Å²) in [6, 6.07) is 13.0. The Morgan fingerprint density at radius 1 is 0.857 bits per heavy atom. The number of carbonyl (C=O) groups is 2. The van der Waals surface area contributed by atoms with Gasteiger partial charge in [-0.3, -0.25) is 14.6 Å². The molecule has 2 saturated heterocycles. The topological polar surface area (TPSA) is 83.6 Å². The average molecular weight is 481 g/mol. The number of para-hydroxylation sites is 2. The van der Waals surface area contributed by atoms with E-state index in [1.165, 1.54) is 4.90 Å². The highest BCUT2D eigenvalue weighted by molar-refractivity contribution is 6.14. The van der Waals surface area contributed by atoms with Gasteiger partial charge in [0, 0.05) is 32.7 Å². The van der Waals surface area contributed by atoms with Crippen LogP contribution in [0.3, 0.4) is 0 Å². The van der Waals surface area contributed by atoms with Crippen molar-refractivity contribution < 1.29 is 23.8 Å². The molecule has 0 spiro atoms. The predicted molar refractivity (Wildman–Crippen MR) is 134 cm³/mol. The molecule has 0 atom stereocenters. The molecule has 4 rings (SSSR count). The fraction of sp³-hybridized carbons (Fsp3) is 0.385. The van der Waals surface area contributed by atoms with Crippen LogP contribution in [0.1, 0.15) is 12.0 Å². The van der Waals surface area contributed by atoms with Gasteiger partial charge in [0.1, 0.15) is 11.4 Å². The zero-order valence-corrected chi connectivity index (χ0v) is 20.5. The summed E-state index contributed by atoms with van der Waals surface area (Å²) in [4.78, 5) is 31.2. The van der Waals surface area contributed by atoms with Crippen molar-refractivity contribution in [1.82, 2.24) is 15.1 Å². The lowest BCUT2D eigenvalue weighted by molar-refractivity contribution is -0.122. The van der Waals surface area contributed by atoms with E-state index < -0.39 is 0 Å². The molecule has 0 aromatic heterocycles. The van der Waals surface area contributed by atoms with Crippen LogP contribution in [0, 0.1) is 0 Å². The molecule has 1 N–H and O–H groups in total. The van der Waals surface area contributed by atoms with Crippen molar-refractivity contribution in [3.8, 4) is 17.2 Å². The van der Waals surface area contributed by atoms with Gasteiger partial charge in [0.15, 0.2) is 11.5 Å². The molecule has 35 heavy (non-hydrogen) atoms. The second-order valence-electron chi connectivity index (χ2n) is 8.41. The second-order valence-corrected chi connectivity index (χ2v) is 8.41. The van der Waals surface area contributed by atoms with Gasteiger partial charge in [0.05, 0.1) is 27.0 Å². The summed E-state index contributed by atoms with van der Waals surface area (Å²) < 4.78 is 16.0. The molecule has 2 aliphatic heterocycles. The highest BCUT2D eigenvalue weighted by atomic mass is 16.5. The van der Waals surface area contributed by atoms with Gasteiger partial charge in [-0.1, -0.05) is 18.2 Å². The van der Waals surface area contributed by atoms with Crippen LogP contribution in [0.4, 0.5) is 10.5 Å². The summed E-state index contributed by atoms with van der Waals surface area (Å²) in [5.74, 6) is 1.73. The van der Waals surface area contributed by atoms with Gasteiger partial charge in [-0.25, -0.2) is 4.79 Å². The first-order chi connectivity index (χ1) is 17.0. The van der Waals surface area contributed by atoms with Crippen molar-refractivity contribution in [1.29, 1.82) is 0 Å². The quantitative estimate of drug-likeness (QED) is 0.437. The lowest BCUT2D eigenvalue weighted by Crippen LogP contribution is -2.47. The molecule has 2 fully saturated rings. The SMILES string of the molecule is COc1ccc(/C=C2\NC(=O)N(CCCN3CCN(c4ccccc4OC)CC3)C2=O)cc1OC. The average Bonchev–Trinajstić information content (AvgIpc) is 3.16. The third kappa shape index (κ3) is 5.51. The highest BCUT2D eigenvalue weighted by Crippen LogP contribution is 2.29. The second kappa shape index (κ2) is 11.1. The number of nitrogens with zero attached hydrogens (tertiary/aromatic N) is 3. The summed E-state index contributed by atoms with van der Waals surface area (Å²) in [6.07, 6.45) is 2.37. The van der Waals surface area contributed by atoms with E-state index in [0.29, 0.717) is 18.0 Å². The Labute approximate surface area is 205 Å². The number of carbonyl (C=O) groups excluding carboxylic acids is 2. The number of piperazine rings is 1. The van der Waals surface area contributed by atoms with E-state index in [4.69, 9.17) is 14.2 Å². The molecular formula is C26H32N4O5. The Kier molecular flexibility index (Phi) is 7.77. The van der Waals surface area contributed by atoms with Crippen molar-refractivity contribution >= 4 is 23.7 Å². The van der Waals surface area contributed by atoms with E-state index in [-0.39, 0.29) is 17.6 Å². The molecule has 0 radical (unpaired) electrons. The third-order valence-corrected chi connectivity index (χ3v) is 6.34. The van der Waals surface area contributed by atoms with Gasteiger partial charge in [0.2, 0.25) is 0 Å². The number of imide groups is 1. The fourth-order valence-corrected chi connectivity index (χ4v) is 4.44. The molecule has 9 nitrogen and oxygen atoms in total. The number of hydrogen-bond acceptors (Lipinski definition) is 7. The maximum absolute atomic E-state index is 12.8. The Balaban J connectivity index is 1.28. The number of ether oxygens (including phenoxy) is 3. The maximum atomic E-state index is 12.8. The van der Waals surface area contributed by atoms with E-state index in [2.05, 4.69) is 21.2 Å². The minimum Gasteiger partial charge on any atom is -0.495 e. The number of urea groups is 1. The van der Waals surface area contributed by atoms with E-state index in [9.17, 15) is 9.59 Å². The zero-order chi connectivity index (χ0) is 24.8. The summed E-state index contributed by atoms with van der Waals surface area (Å²) in [5.41, 5.74) is 2.11. The Morgan fingerprint density at radius 3 is 2.29 bits per heavy atom. The molecule has 0 bridgehead atoms. The van der Waals surface area contributed by atoms with E-state index in [1.807, 2.05) is 18.2 Å². The molecule has 2 heterocycles. The van der Waals surface area contributed by atoms with Gasteiger partial charge in [-0.2, -0.15) is 0 Å². The minimum atomic E-state index is -0.386. The fourth-order valence-electron chi connectivity index (χ4n) is 4.44. The molecule has 186 valence electrons. The van der Waals surface area contributed by atoms with E-state index >= 15 is 0 Å². The van der Waals surface area contributed by atoms with E-state index in [1.54, 1.807) is 45.6 Å². The number of hydrogen-bond donors (Lipinski definition) is 1. The summed E-state index contributed by atoms with van der Waals surface area (Å²) in [7, 11) is 4.81. The number of nitrogens with one attached hydrogen (secondary N) is 1. The van der Waals surface area contributed by atoms with Crippen LogP contribution in [0.25, 0.3) is 6.08 Å². The van der Waals surface area contributed by atoms with Gasteiger partial charge in [-0.15, -0.1) is 0 Å². The summed E-state index contributed by atoms with van der Waals surface area (Å²) in [5, 5.41) is 2.69. The van der Waals surface area contributed by atoms with Gasteiger partial charge in [0.25, 0.3) is 5.91 Å². The van der Waals surface area contributed by atoms with Crippen molar-refractivity contribution in [2.24, 2.45) is 0 Å². The number of anilines is 1. The lowest BCUT2D eigenvalue weighted by Gasteiger charge is -2.36. The minimum absolute atomic E-state index is 0.257. The Morgan fingerprint density at radius 2 is 1.57 bits per heavy atom. The standard InChI is InChI=1S/C26H32N4O5/c1-33-22-8-5-4-7-21(22)29-15-13-28(14-16-29)11-6-12-30-25(31)20(27-26(30)32)17-19-9-10-23(34-2)24(18-19)35-3/h4-5,7-10,17-18H,6,11-16H2,1-3H3,(H,27,32)/b20-17-. The molecular weight excluding hydrogens is 448 g/mol. The maximum Gasteiger partial charge on any atom is 0.329 e. The van der Waals surface area contributed by atoms with Crippen LogP contribution in [0.5, 0.6) is 17.2 Å². The Hall–Kier alpha value is -3.72. The highest BCUT2D eigenvalue weighted by Gasteiger charge is 2.33. The third-order valence-electron chi connectivity index (χ3n) is 6.34. The Bertz CT molecular complexity index is 1090. The van der Waals surface area contributed by atoms with Gasteiger partial charge in [-0.05, 0) is 48.9 Å². The number of benzene rings is 2. The first-order valence-electron chi connectivity index (χ1n) is 11.7. The first-order valence-corrected chi connectivity index (χ1v) is 11.7. The van der Waals surface area contributed by atoms with Crippen molar-refractivity contribution in [2.75, 3.05) is 65.5 Å². The smallest absolute Gasteiger partial charge is 0.329 e. The van der Waals surface area contributed by atoms with Crippen LogP contribution in [0.2, 0.25) is 0 Å². The number of methoxy groups -OCH3 is 3. The van der Waals surface area contributed by atoms with Crippen LogP contribution in [-0.2, 0) is 4.79 Å². The normalized spacial score (nSPS) is 17.6. The molecule has 0 aliphatic carbocycles. The van der Waals surface area contributed by atoms with Crippen molar-refractivity contribution in [3.63, 3.8) is 0 Å². The first kappa shape index (κ1) is 24.4. The number of rotatable bonds is 9. The molecule has 3 amide bonds. The van der Waals surface area contributed by atoms with Gasteiger partial charge < -0.3 is 24.4 Å². The molecule has 2 aliphatic rings. The predicted octanol–water partition coefficient (Wildman–Crippen LogP) is 2.82. The number of amides is 3. The molecule has 0 unspecified atom stereocenters.